The van der Waals surface area contributed by atoms with E-state index in [9.17, 15) is 21.6 Å². The van der Waals surface area contributed by atoms with E-state index >= 15 is 0 Å². The molecule has 0 radical (unpaired) electrons. The molecular weight excluding hydrogens is 381 g/mol. The third-order valence-corrected chi connectivity index (χ3v) is 7.31. The van der Waals surface area contributed by atoms with Gasteiger partial charge in [-0.25, -0.2) is 4.18 Å². The quantitative estimate of drug-likeness (QED) is 0.424. The molecule has 1 atom stereocenters. The van der Waals surface area contributed by atoms with E-state index < -0.39 is 29.3 Å². The summed E-state index contributed by atoms with van der Waals surface area (Å²) in [7, 11) is -7.80. The first-order valence-electron chi connectivity index (χ1n) is 7.96. The first kappa shape index (κ1) is 20.7. The number of halogens is 3. The van der Waals surface area contributed by atoms with Crippen LogP contribution in [0, 0.1) is 0 Å². The van der Waals surface area contributed by atoms with Crippen LogP contribution in [0.25, 0.3) is 0 Å². The Kier molecular flexibility index (Phi) is 5.43. The lowest BCUT2D eigenvalue weighted by atomic mass is 9.88. The van der Waals surface area contributed by atoms with Crippen LogP contribution in [0.15, 0.2) is 54.6 Å². The standard InChI is InChI=1S/C18H21F3O3SSi/c1-17(14-10-6-5-7-11-14,24-25(22,23)18(19,20)21)15-12-8-9-13-16(15)26(2,3)4/h5-13H,1-4H3. The van der Waals surface area contributed by atoms with E-state index in [1.807, 2.05) is 25.7 Å². The molecule has 0 aliphatic carbocycles. The Morgan fingerprint density at radius 3 is 1.88 bits per heavy atom. The Morgan fingerprint density at radius 2 is 1.38 bits per heavy atom. The molecule has 0 aliphatic heterocycles. The largest absolute Gasteiger partial charge is 0.523 e. The summed E-state index contributed by atoms with van der Waals surface area (Å²) in [6.07, 6.45) is 0. The minimum atomic E-state index is -5.80. The van der Waals surface area contributed by atoms with Crippen LogP contribution in [-0.2, 0) is 19.9 Å². The van der Waals surface area contributed by atoms with Crippen LogP contribution in [0.3, 0.4) is 0 Å². The monoisotopic (exact) mass is 402 g/mol. The lowest BCUT2D eigenvalue weighted by Crippen LogP contribution is -2.46. The van der Waals surface area contributed by atoms with Gasteiger partial charge < -0.3 is 0 Å². The molecule has 0 aliphatic rings. The molecule has 2 rings (SSSR count). The van der Waals surface area contributed by atoms with Crippen LogP contribution >= 0.6 is 0 Å². The molecule has 142 valence electrons. The predicted octanol–water partition coefficient (Wildman–Crippen LogP) is 4.36. The van der Waals surface area contributed by atoms with Crippen molar-refractivity contribution in [3.63, 3.8) is 0 Å². The zero-order valence-corrected chi connectivity index (χ0v) is 16.8. The van der Waals surface area contributed by atoms with Crippen LogP contribution in [0.5, 0.6) is 0 Å². The number of rotatable bonds is 5. The zero-order valence-electron chi connectivity index (χ0n) is 15.0. The van der Waals surface area contributed by atoms with Gasteiger partial charge in [-0.2, -0.15) is 21.6 Å². The van der Waals surface area contributed by atoms with Crippen molar-refractivity contribution in [1.82, 2.24) is 0 Å². The van der Waals surface area contributed by atoms with E-state index in [-0.39, 0.29) is 0 Å². The van der Waals surface area contributed by atoms with Gasteiger partial charge in [0, 0.05) is 0 Å². The molecule has 2 aromatic carbocycles. The van der Waals surface area contributed by atoms with E-state index in [1.54, 1.807) is 48.5 Å². The van der Waals surface area contributed by atoms with Gasteiger partial charge in [-0.15, -0.1) is 0 Å². The Labute approximate surface area is 153 Å². The second-order valence-electron chi connectivity index (χ2n) is 7.18. The van der Waals surface area contributed by atoms with Gasteiger partial charge in [0.15, 0.2) is 0 Å². The highest BCUT2D eigenvalue weighted by atomic mass is 32.2. The minimum Gasteiger partial charge on any atom is -0.247 e. The number of hydrogen-bond donors (Lipinski definition) is 0. The van der Waals surface area contributed by atoms with Gasteiger partial charge in [0.1, 0.15) is 5.60 Å². The molecule has 0 saturated heterocycles. The van der Waals surface area contributed by atoms with E-state index in [0.717, 1.165) is 5.19 Å². The van der Waals surface area contributed by atoms with E-state index in [2.05, 4.69) is 0 Å². The molecule has 0 fully saturated rings. The van der Waals surface area contributed by atoms with Crippen molar-refractivity contribution in [3.8, 4) is 0 Å². The van der Waals surface area contributed by atoms with Crippen molar-refractivity contribution < 1.29 is 25.8 Å². The molecule has 0 spiro atoms. The highest BCUT2D eigenvalue weighted by Crippen LogP contribution is 2.39. The summed E-state index contributed by atoms with van der Waals surface area (Å²) in [5, 5.41) is 0.837. The first-order valence-corrected chi connectivity index (χ1v) is 12.9. The van der Waals surface area contributed by atoms with Crippen molar-refractivity contribution in [2.45, 2.75) is 37.7 Å². The fourth-order valence-electron chi connectivity index (χ4n) is 2.82. The number of hydrogen-bond acceptors (Lipinski definition) is 3. The maximum Gasteiger partial charge on any atom is 0.523 e. The summed E-state index contributed by atoms with van der Waals surface area (Å²) in [5.41, 5.74) is -6.54. The van der Waals surface area contributed by atoms with Crippen molar-refractivity contribution in [1.29, 1.82) is 0 Å². The summed E-state index contributed by atoms with van der Waals surface area (Å²) in [5.74, 6) is 0. The van der Waals surface area contributed by atoms with Crippen LogP contribution < -0.4 is 5.19 Å². The second-order valence-corrected chi connectivity index (χ2v) is 13.8. The maximum atomic E-state index is 13.0. The third kappa shape index (κ3) is 4.02. The highest BCUT2D eigenvalue weighted by molar-refractivity contribution is 7.87. The van der Waals surface area contributed by atoms with Gasteiger partial charge in [0.25, 0.3) is 0 Å². The minimum absolute atomic E-state index is 0.332. The molecule has 0 N–H and O–H groups in total. The number of alkyl halides is 3. The molecule has 3 nitrogen and oxygen atoms in total. The fourth-order valence-corrected chi connectivity index (χ4v) is 5.27. The Bertz CT molecular complexity index is 875. The van der Waals surface area contributed by atoms with Crippen LogP contribution in [-0.4, -0.2) is 22.0 Å². The van der Waals surface area contributed by atoms with Crippen LogP contribution in [0.4, 0.5) is 13.2 Å². The summed E-state index contributed by atoms with van der Waals surface area (Å²) >= 11 is 0. The average Bonchev–Trinajstić information content (AvgIpc) is 2.53. The van der Waals surface area contributed by atoms with Crippen molar-refractivity contribution in [2.75, 3.05) is 0 Å². The molecule has 1 unspecified atom stereocenters. The number of benzene rings is 2. The first-order chi connectivity index (χ1) is 11.8. The van der Waals surface area contributed by atoms with E-state index in [4.69, 9.17) is 4.18 Å². The van der Waals surface area contributed by atoms with Crippen LogP contribution in [0.1, 0.15) is 18.1 Å². The summed E-state index contributed by atoms with van der Waals surface area (Å²) in [6.45, 7) is 7.48. The molecule has 2 aromatic rings. The second kappa shape index (κ2) is 6.83. The molecule has 26 heavy (non-hydrogen) atoms. The molecule has 0 aromatic heterocycles. The lowest BCUT2D eigenvalue weighted by Gasteiger charge is -2.34. The normalized spacial score (nSPS) is 15.5. The van der Waals surface area contributed by atoms with E-state index in [1.165, 1.54) is 6.92 Å². The van der Waals surface area contributed by atoms with Gasteiger partial charge in [-0.05, 0) is 18.1 Å². The topological polar surface area (TPSA) is 43.4 Å². The summed E-state index contributed by atoms with van der Waals surface area (Å²) in [4.78, 5) is 0. The summed E-state index contributed by atoms with van der Waals surface area (Å²) < 4.78 is 67.6. The predicted molar refractivity (Wildman–Crippen MR) is 98.4 cm³/mol. The zero-order chi connectivity index (χ0) is 19.8. The Hall–Kier alpha value is -1.64. The SMILES string of the molecule is CC(OS(=O)(=O)C(F)(F)F)(c1ccccc1)c1ccccc1[Si](C)(C)C. The molecule has 8 heteroatoms. The van der Waals surface area contributed by atoms with Gasteiger partial charge in [-0.1, -0.05) is 79.4 Å². The van der Waals surface area contributed by atoms with Crippen molar-refractivity contribution in [3.05, 3.63) is 65.7 Å². The van der Waals surface area contributed by atoms with Gasteiger partial charge >= 0.3 is 15.6 Å². The molecule has 0 saturated carbocycles. The maximum absolute atomic E-state index is 13.0. The van der Waals surface area contributed by atoms with Gasteiger partial charge in [0.2, 0.25) is 0 Å². The van der Waals surface area contributed by atoms with Crippen LogP contribution in [0.2, 0.25) is 19.6 Å². The third-order valence-electron chi connectivity index (χ3n) is 4.13. The van der Waals surface area contributed by atoms with E-state index in [0.29, 0.717) is 11.1 Å². The fraction of sp³-hybridized carbons (Fsp3) is 0.333. The molecule has 0 heterocycles. The van der Waals surface area contributed by atoms with Gasteiger partial charge in [0.05, 0.1) is 8.07 Å². The van der Waals surface area contributed by atoms with Crippen molar-refractivity contribution in [2.24, 2.45) is 0 Å². The lowest BCUT2D eigenvalue weighted by molar-refractivity contribution is -0.0613. The smallest absolute Gasteiger partial charge is 0.247 e. The molecular formula is C18H21F3O3SSi. The molecule has 0 bridgehead atoms. The average molecular weight is 403 g/mol. The highest BCUT2D eigenvalue weighted by Gasteiger charge is 2.52. The summed E-state index contributed by atoms with van der Waals surface area (Å²) in [6, 6.07) is 15.0. The van der Waals surface area contributed by atoms with Gasteiger partial charge in [-0.3, -0.25) is 0 Å². The Morgan fingerprint density at radius 1 is 0.885 bits per heavy atom. The van der Waals surface area contributed by atoms with Crippen molar-refractivity contribution >= 4 is 23.4 Å². The molecule has 0 amide bonds. The Balaban J connectivity index is 2.77.